The lowest BCUT2D eigenvalue weighted by Crippen LogP contribution is -2.12. The number of halogens is 1. The molecule has 0 amide bonds. The first-order chi connectivity index (χ1) is 9.17. The minimum Gasteiger partial charge on any atom is -0.374 e. The maximum atomic E-state index is 5.94. The smallest absolute Gasteiger partial charge is 0.0721 e. The summed E-state index contributed by atoms with van der Waals surface area (Å²) in [7, 11) is 0. The molecule has 0 radical (unpaired) electrons. The predicted molar refractivity (Wildman–Crippen MR) is 88.5 cm³/mol. The van der Waals surface area contributed by atoms with Crippen molar-refractivity contribution >= 4 is 15.9 Å². The lowest BCUT2D eigenvalue weighted by molar-refractivity contribution is 0.0285. The second kappa shape index (κ2) is 12.7. The highest BCUT2D eigenvalue weighted by Crippen LogP contribution is 2.15. The molecule has 0 saturated carbocycles. The Bertz CT molecular complexity index is 306. The molecule has 0 fully saturated rings. The van der Waals surface area contributed by atoms with Crippen LogP contribution < -0.4 is 0 Å². The van der Waals surface area contributed by atoms with E-state index in [1.54, 1.807) is 0 Å². The largest absolute Gasteiger partial charge is 0.374 e. The van der Waals surface area contributed by atoms with Crippen molar-refractivity contribution in [2.45, 2.75) is 72.5 Å². The fraction of sp³-hybridized carbons (Fsp3) is 0.647. The van der Waals surface area contributed by atoms with Crippen molar-refractivity contribution in [3.05, 3.63) is 34.3 Å². The Morgan fingerprint density at radius 2 is 1.63 bits per heavy atom. The molecule has 0 bridgehead atoms. The average Bonchev–Trinajstić information content (AvgIpc) is 2.38. The maximum absolute atomic E-state index is 5.94. The molecule has 1 rings (SSSR count). The molecule has 0 atom stereocenters. The lowest BCUT2D eigenvalue weighted by Gasteiger charge is -2.16. The predicted octanol–water partition coefficient (Wildman–Crippen LogP) is 6.35. The molecule has 110 valence electrons. The van der Waals surface area contributed by atoms with Crippen LogP contribution in [0.15, 0.2) is 28.7 Å². The molecule has 0 aromatic heterocycles. The van der Waals surface area contributed by atoms with E-state index in [2.05, 4.69) is 61.8 Å². The van der Waals surface area contributed by atoms with Gasteiger partial charge >= 0.3 is 0 Å². The zero-order chi connectivity index (χ0) is 14.5. The summed E-state index contributed by atoms with van der Waals surface area (Å²) in [6.07, 6.45) is 6.41. The second-order valence-electron chi connectivity index (χ2n) is 4.85. The molecule has 0 aliphatic heterocycles. The van der Waals surface area contributed by atoms with Crippen molar-refractivity contribution < 1.29 is 4.74 Å². The first kappa shape index (κ1) is 18.7. The third kappa shape index (κ3) is 10.1. The molecule has 0 saturated heterocycles. The minimum atomic E-state index is 0.425. The van der Waals surface area contributed by atoms with Gasteiger partial charge in [0.15, 0.2) is 0 Å². The van der Waals surface area contributed by atoms with Gasteiger partial charge in [0.1, 0.15) is 0 Å². The van der Waals surface area contributed by atoms with Gasteiger partial charge in [0.05, 0.1) is 12.7 Å². The van der Waals surface area contributed by atoms with E-state index in [-0.39, 0.29) is 0 Å². The van der Waals surface area contributed by atoms with Crippen LogP contribution in [0.2, 0.25) is 0 Å². The van der Waals surface area contributed by atoms with Gasteiger partial charge < -0.3 is 4.74 Å². The highest BCUT2D eigenvalue weighted by atomic mass is 79.9. The minimum absolute atomic E-state index is 0.425. The van der Waals surface area contributed by atoms with Crippen molar-refractivity contribution in [2.24, 2.45) is 0 Å². The van der Waals surface area contributed by atoms with Crippen molar-refractivity contribution in [3.63, 3.8) is 0 Å². The molecule has 0 N–H and O–H groups in total. The first-order valence-corrected chi connectivity index (χ1v) is 8.33. The Balaban J connectivity index is 0.000000982. The highest BCUT2D eigenvalue weighted by Gasteiger charge is 2.06. The number of ether oxygens (including phenoxy) is 1. The molecule has 0 spiro atoms. The highest BCUT2D eigenvalue weighted by molar-refractivity contribution is 9.10. The van der Waals surface area contributed by atoms with Gasteiger partial charge in [-0.2, -0.15) is 0 Å². The molecule has 1 nitrogen and oxygen atoms in total. The van der Waals surface area contributed by atoms with E-state index in [1.165, 1.54) is 37.7 Å². The Hall–Kier alpha value is -0.340. The van der Waals surface area contributed by atoms with Crippen LogP contribution in [0.25, 0.3) is 0 Å². The summed E-state index contributed by atoms with van der Waals surface area (Å²) in [5.74, 6) is 0. The number of hydrogen-bond donors (Lipinski definition) is 0. The quantitative estimate of drug-likeness (QED) is 0.566. The maximum Gasteiger partial charge on any atom is 0.0721 e. The van der Waals surface area contributed by atoms with Gasteiger partial charge in [0.25, 0.3) is 0 Å². The van der Waals surface area contributed by atoms with Gasteiger partial charge in [-0.1, -0.05) is 75.0 Å². The summed E-state index contributed by atoms with van der Waals surface area (Å²) < 4.78 is 7.06. The fourth-order valence-electron chi connectivity index (χ4n) is 1.80. The van der Waals surface area contributed by atoms with Gasteiger partial charge in [-0.25, -0.2) is 0 Å². The molecular formula is C17H29BrO. The number of benzene rings is 1. The van der Waals surface area contributed by atoms with Gasteiger partial charge in [-0.05, 0) is 30.5 Å². The molecule has 19 heavy (non-hydrogen) atoms. The van der Waals surface area contributed by atoms with E-state index in [0.717, 1.165) is 11.1 Å². The molecule has 0 unspecified atom stereocenters. The van der Waals surface area contributed by atoms with Crippen LogP contribution in [0.4, 0.5) is 0 Å². The third-order valence-electron chi connectivity index (χ3n) is 2.60. The van der Waals surface area contributed by atoms with Crippen molar-refractivity contribution in [3.8, 4) is 0 Å². The fourth-order valence-corrected chi connectivity index (χ4v) is 2.24. The third-order valence-corrected chi connectivity index (χ3v) is 3.09. The van der Waals surface area contributed by atoms with E-state index in [1.807, 2.05) is 6.07 Å². The van der Waals surface area contributed by atoms with Gasteiger partial charge in [0.2, 0.25) is 0 Å². The number of rotatable bonds is 7. The topological polar surface area (TPSA) is 9.23 Å². The van der Waals surface area contributed by atoms with Crippen LogP contribution >= 0.6 is 15.9 Å². The monoisotopic (exact) mass is 328 g/mol. The van der Waals surface area contributed by atoms with Crippen LogP contribution in [-0.2, 0) is 11.3 Å². The van der Waals surface area contributed by atoms with Crippen LogP contribution in [0.3, 0.4) is 0 Å². The van der Waals surface area contributed by atoms with Crippen molar-refractivity contribution in [1.82, 2.24) is 0 Å². The molecule has 1 aromatic rings. The van der Waals surface area contributed by atoms with Crippen LogP contribution in [0, 0.1) is 0 Å². The van der Waals surface area contributed by atoms with Crippen molar-refractivity contribution in [2.75, 3.05) is 0 Å². The Labute approximate surface area is 127 Å². The molecule has 0 aliphatic carbocycles. The van der Waals surface area contributed by atoms with E-state index in [4.69, 9.17) is 4.74 Å². The average molecular weight is 329 g/mol. The Morgan fingerprint density at radius 3 is 2.11 bits per heavy atom. The van der Waals surface area contributed by atoms with E-state index < -0.39 is 0 Å². The van der Waals surface area contributed by atoms with Gasteiger partial charge in [-0.15, -0.1) is 0 Å². The summed E-state index contributed by atoms with van der Waals surface area (Å²) >= 11 is 3.48. The van der Waals surface area contributed by atoms with Gasteiger partial charge in [0, 0.05) is 4.47 Å². The van der Waals surface area contributed by atoms with Crippen LogP contribution in [0.1, 0.15) is 65.4 Å². The molecule has 0 aliphatic rings. The summed E-state index contributed by atoms with van der Waals surface area (Å²) in [5.41, 5.74) is 1.24. The second-order valence-corrected chi connectivity index (χ2v) is 5.76. The van der Waals surface area contributed by atoms with E-state index in [0.29, 0.717) is 6.10 Å². The summed E-state index contributed by atoms with van der Waals surface area (Å²) in [5, 5.41) is 0. The SMILES string of the molecule is CCC.CCCC(CCC)OCc1cccc(Br)c1. The summed E-state index contributed by atoms with van der Waals surface area (Å²) in [6, 6.07) is 8.32. The molecular weight excluding hydrogens is 300 g/mol. The van der Waals surface area contributed by atoms with Crippen molar-refractivity contribution in [1.29, 1.82) is 0 Å². The van der Waals surface area contributed by atoms with E-state index >= 15 is 0 Å². The normalized spacial score (nSPS) is 10.2. The van der Waals surface area contributed by atoms with Crippen LogP contribution in [-0.4, -0.2) is 6.10 Å². The van der Waals surface area contributed by atoms with E-state index in [9.17, 15) is 0 Å². The zero-order valence-corrected chi connectivity index (χ0v) is 14.5. The number of hydrogen-bond acceptors (Lipinski definition) is 1. The summed E-state index contributed by atoms with van der Waals surface area (Å²) in [6.45, 7) is 9.40. The van der Waals surface area contributed by atoms with Gasteiger partial charge in [-0.3, -0.25) is 0 Å². The molecule has 0 heterocycles. The Kier molecular flexibility index (Phi) is 12.5. The Morgan fingerprint density at radius 1 is 1.05 bits per heavy atom. The molecule has 1 aromatic carbocycles. The lowest BCUT2D eigenvalue weighted by atomic mass is 10.1. The first-order valence-electron chi connectivity index (χ1n) is 7.53. The summed E-state index contributed by atoms with van der Waals surface area (Å²) in [4.78, 5) is 0. The zero-order valence-electron chi connectivity index (χ0n) is 12.9. The molecule has 2 heteroatoms. The van der Waals surface area contributed by atoms with Crippen LogP contribution in [0.5, 0.6) is 0 Å². The standard InChI is InChI=1S/C14H21BrO.C3H8/c1-3-6-14(7-4-2)16-11-12-8-5-9-13(15)10-12;1-3-2/h5,8-10,14H,3-4,6-7,11H2,1-2H3;3H2,1-2H3.